The first-order valence-corrected chi connectivity index (χ1v) is 8.27. The first-order chi connectivity index (χ1) is 12.0. The van der Waals surface area contributed by atoms with E-state index < -0.39 is 0 Å². The Morgan fingerprint density at radius 3 is 2.52 bits per heavy atom. The van der Waals surface area contributed by atoms with Gasteiger partial charge in [-0.3, -0.25) is 9.59 Å². The number of ether oxygens (including phenoxy) is 2. The molecule has 0 bridgehead atoms. The van der Waals surface area contributed by atoms with E-state index in [1.165, 1.54) is 0 Å². The molecule has 2 rings (SSSR count). The number of nitrogens with two attached hydrogens (primary N) is 1. The Morgan fingerprint density at radius 1 is 1.24 bits per heavy atom. The predicted octanol–water partition coefficient (Wildman–Crippen LogP) is 2.59. The Balaban J connectivity index is 1.81. The number of allylic oxidation sites excluding steroid dienone is 1. The van der Waals surface area contributed by atoms with Crippen LogP contribution in [0.1, 0.15) is 38.2 Å². The summed E-state index contributed by atoms with van der Waals surface area (Å²) in [5, 5.41) is 0.788. The van der Waals surface area contributed by atoms with Gasteiger partial charge in [-0.05, 0) is 24.5 Å². The Hall–Kier alpha value is -2.70. The number of methoxy groups -OCH3 is 1. The molecule has 0 spiro atoms. The summed E-state index contributed by atoms with van der Waals surface area (Å²) < 4.78 is 11.1. The van der Waals surface area contributed by atoms with Crippen LogP contribution in [0.25, 0.3) is 0 Å². The van der Waals surface area contributed by atoms with Crippen LogP contribution < -0.4 is 15.2 Å². The molecule has 1 aliphatic heterocycles. The number of anilines is 1. The van der Waals surface area contributed by atoms with Gasteiger partial charge >= 0.3 is 0 Å². The van der Waals surface area contributed by atoms with Crippen molar-refractivity contribution in [3.8, 4) is 11.5 Å². The van der Waals surface area contributed by atoms with E-state index in [1.807, 2.05) is 13.0 Å². The highest BCUT2D eigenvalue weighted by Crippen LogP contribution is 2.32. The average molecular weight is 348 g/mol. The standard InChI is InChI=1S/C18H24N2O5/c1-4-13-10-15(23-3)16(11-14(13)19)24-9-5-6-12(2)25-20-17(21)7-8-18(20)22/h10-11H,2,4-9,19H2,1,3H3. The van der Waals surface area contributed by atoms with E-state index in [9.17, 15) is 9.59 Å². The number of aryl methyl sites for hydroxylation is 1. The Kier molecular flexibility index (Phi) is 6.27. The lowest BCUT2D eigenvalue weighted by molar-refractivity contribution is -0.177. The molecule has 7 nitrogen and oxygen atoms in total. The molecular formula is C18H24N2O5. The van der Waals surface area contributed by atoms with Crippen LogP contribution in [0.5, 0.6) is 11.5 Å². The fraction of sp³-hybridized carbons (Fsp3) is 0.444. The maximum Gasteiger partial charge on any atom is 0.263 e. The Labute approximate surface area is 147 Å². The molecule has 25 heavy (non-hydrogen) atoms. The number of imide groups is 1. The van der Waals surface area contributed by atoms with Crippen LogP contribution in [0.2, 0.25) is 0 Å². The lowest BCUT2D eigenvalue weighted by Crippen LogP contribution is -2.28. The van der Waals surface area contributed by atoms with Gasteiger partial charge in [0.2, 0.25) is 0 Å². The molecule has 0 aromatic heterocycles. The first-order valence-electron chi connectivity index (χ1n) is 8.27. The van der Waals surface area contributed by atoms with Gasteiger partial charge in [0.1, 0.15) is 5.76 Å². The molecule has 0 aliphatic carbocycles. The molecule has 136 valence electrons. The number of amides is 2. The van der Waals surface area contributed by atoms with E-state index in [4.69, 9.17) is 20.0 Å². The van der Waals surface area contributed by atoms with Gasteiger partial charge in [-0.15, -0.1) is 5.06 Å². The van der Waals surface area contributed by atoms with Crippen molar-refractivity contribution in [3.63, 3.8) is 0 Å². The second kappa shape index (κ2) is 8.41. The predicted molar refractivity (Wildman–Crippen MR) is 92.8 cm³/mol. The first kappa shape index (κ1) is 18.6. The molecular weight excluding hydrogens is 324 g/mol. The topological polar surface area (TPSA) is 91.1 Å². The fourth-order valence-electron chi connectivity index (χ4n) is 2.48. The number of hydrogen-bond donors (Lipinski definition) is 1. The van der Waals surface area contributed by atoms with Crippen LogP contribution in [0.15, 0.2) is 24.5 Å². The van der Waals surface area contributed by atoms with Crippen molar-refractivity contribution in [2.75, 3.05) is 19.5 Å². The summed E-state index contributed by atoms with van der Waals surface area (Å²) in [7, 11) is 1.58. The van der Waals surface area contributed by atoms with Gasteiger partial charge in [0.25, 0.3) is 11.8 Å². The van der Waals surface area contributed by atoms with Crippen LogP contribution in [0.4, 0.5) is 5.69 Å². The number of nitrogens with zero attached hydrogens (tertiary/aromatic N) is 1. The van der Waals surface area contributed by atoms with Crippen molar-refractivity contribution in [1.82, 2.24) is 5.06 Å². The van der Waals surface area contributed by atoms with E-state index in [0.29, 0.717) is 42.4 Å². The molecule has 0 unspecified atom stereocenters. The van der Waals surface area contributed by atoms with E-state index in [-0.39, 0.29) is 24.7 Å². The maximum absolute atomic E-state index is 11.5. The van der Waals surface area contributed by atoms with Crippen LogP contribution in [0, 0.1) is 0 Å². The number of hydrogen-bond acceptors (Lipinski definition) is 6. The number of rotatable bonds is 9. The minimum atomic E-state index is -0.335. The van der Waals surface area contributed by atoms with Gasteiger partial charge in [0.05, 0.1) is 13.7 Å². The van der Waals surface area contributed by atoms with Crippen molar-refractivity contribution in [3.05, 3.63) is 30.0 Å². The van der Waals surface area contributed by atoms with Crippen LogP contribution in [0.3, 0.4) is 0 Å². The van der Waals surface area contributed by atoms with E-state index in [2.05, 4.69) is 6.58 Å². The summed E-state index contributed by atoms with van der Waals surface area (Å²) in [5.74, 6) is 0.889. The van der Waals surface area contributed by atoms with Crippen molar-refractivity contribution >= 4 is 17.5 Å². The van der Waals surface area contributed by atoms with Crippen LogP contribution >= 0.6 is 0 Å². The van der Waals surface area contributed by atoms with Crippen molar-refractivity contribution in [2.45, 2.75) is 39.0 Å². The molecule has 1 fully saturated rings. The molecule has 0 saturated carbocycles. The minimum absolute atomic E-state index is 0.185. The fourth-order valence-corrected chi connectivity index (χ4v) is 2.48. The molecule has 2 N–H and O–H groups in total. The summed E-state index contributed by atoms with van der Waals surface area (Å²) in [4.78, 5) is 28.2. The molecule has 1 aromatic carbocycles. The van der Waals surface area contributed by atoms with Gasteiger partial charge in [-0.1, -0.05) is 13.5 Å². The van der Waals surface area contributed by atoms with E-state index in [1.54, 1.807) is 13.2 Å². The minimum Gasteiger partial charge on any atom is -0.493 e. The van der Waals surface area contributed by atoms with Gasteiger partial charge in [0.15, 0.2) is 11.5 Å². The summed E-state index contributed by atoms with van der Waals surface area (Å²) in [6, 6.07) is 3.63. The quantitative estimate of drug-likeness (QED) is 0.319. The molecule has 1 aliphatic rings. The van der Waals surface area contributed by atoms with Gasteiger partial charge in [-0.25, -0.2) is 0 Å². The molecule has 1 saturated heterocycles. The zero-order chi connectivity index (χ0) is 18.4. The Morgan fingerprint density at radius 2 is 1.92 bits per heavy atom. The van der Waals surface area contributed by atoms with Crippen LogP contribution in [-0.4, -0.2) is 30.6 Å². The zero-order valence-electron chi connectivity index (χ0n) is 14.7. The number of nitrogen functional groups attached to an aromatic ring is 1. The van der Waals surface area contributed by atoms with Gasteiger partial charge in [-0.2, -0.15) is 0 Å². The normalized spacial score (nSPS) is 13.9. The average Bonchev–Trinajstić information content (AvgIpc) is 2.90. The summed E-state index contributed by atoms with van der Waals surface area (Å²) in [6.07, 6.45) is 2.25. The zero-order valence-corrected chi connectivity index (χ0v) is 14.7. The third kappa shape index (κ3) is 4.65. The summed E-state index contributed by atoms with van der Waals surface area (Å²) in [6.45, 7) is 6.15. The van der Waals surface area contributed by atoms with E-state index >= 15 is 0 Å². The lowest BCUT2D eigenvalue weighted by atomic mass is 10.1. The number of benzene rings is 1. The number of hydroxylamine groups is 2. The van der Waals surface area contributed by atoms with Crippen molar-refractivity contribution in [2.24, 2.45) is 0 Å². The highest BCUT2D eigenvalue weighted by molar-refractivity contribution is 6.00. The molecule has 7 heteroatoms. The largest absolute Gasteiger partial charge is 0.493 e. The van der Waals surface area contributed by atoms with Crippen molar-refractivity contribution in [1.29, 1.82) is 0 Å². The third-order valence-corrected chi connectivity index (χ3v) is 3.89. The molecule has 2 amide bonds. The third-order valence-electron chi connectivity index (χ3n) is 3.89. The monoisotopic (exact) mass is 348 g/mol. The van der Waals surface area contributed by atoms with Gasteiger partial charge < -0.3 is 20.0 Å². The SMILES string of the molecule is C=C(CCCOc1cc(N)c(CC)cc1OC)ON1C(=O)CCC1=O. The smallest absolute Gasteiger partial charge is 0.263 e. The summed E-state index contributed by atoms with van der Waals surface area (Å²) >= 11 is 0. The second-order valence-corrected chi connectivity index (χ2v) is 5.72. The second-order valence-electron chi connectivity index (χ2n) is 5.72. The highest BCUT2D eigenvalue weighted by Gasteiger charge is 2.31. The molecule has 0 radical (unpaired) electrons. The maximum atomic E-state index is 11.5. The Bertz CT molecular complexity index is 656. The van der Waals surface area contributed by atoms with Gasteiger partial charge in [0, 0.05) is 31.0 Å². The number of carbonyl (C=O) groups is 2. The molecule has 1 heterocycles. The summed E-state index contributed by atoms with van der Waals surface area (Å²) in [5.41, 5.74) is 7.66. The lowest BCUT2D eigenvalue weighted by Gasteiger charge is -2.16. The van der Waals surface area contributed by atoms with Crippen molar-refractivity contribution < 1.29 is 23.9 Å². The molecule has 0 atom stereocenters. The van der Waals surface area contributed by atoms with Crippen LogP contribution in [-0.2, 0) is 20.8 Å². The highest BCUT2D eigenvalue weighted by atomic mass is 16.7. The number of carbonyl (C=O) groups excluding carboxylic acids is 2. The molecule has 1 aromatic rings. The van der Waals surface area contributed by atoms with E-state index in [0.717, 1.165) is 17.0 Å².